The van der Waals surface area contributed by atoms with Gasteiger partial charge in [-0.25, -0.2) is 14.1 Å². The summed E-state index contributed by atoms with van der Waals surface area (Å²) in [5.74, 6) is -2.15. The van der Waals surface area contributed by atoms with Crippen LogP contribution in [0.15, 0.2) is 35.9 Å². The molecule has 1 aliphatic rings. The van der Waals surface area contributed by atoms with Gasteiger partial charge < -0.3 is 4.57 Å². The number of amides is 4. The molecule has 0 bridgehead atoms. The van der Waals surface area contributed by atoms with Gasteiger partial charge in [-0.05, 0) is 49.8 Å². The number of aromatic nitrogens is 1. The topological polar surface area (TPSA) is 71.4 Å². The molecule has 0 unspecified atom stereocenters. The molecule has 2 aromatic rings. The fourth-order valence-corrected chi connectivity index (χ4v) is 2.69. The number of carbonyl (C=O) groups excluding carboxylic acids is 3. The minimum absolute atomic E-state index is 0.0573. The van der Waals surface area contributed by atoms with Gasteiger partial charge in [0.15, 0.2) is 0 Å². The van der Waals surface area contributed by atoms with Crippen LogP contribution in [0, 0.1) is 19.7 Å². The number of rotatable bonds is 2. The number of halogens is 1. The molecule has 1 N–H and O–H groups in total. The number of nitrogens with one attached hydrogen (secondary N) is 1. The molecule has 1 aromatic carbocycles. The molecule has 0 aliphatic carbocycles. The predicted molar refractivity (Wildman–Crippen MR) is 90.3 cm³/mol. The number of anilines is 1. The Morgan fingerprint density at radius 2 is 1.84 bits per heavy atom. The molecule has 2 heterocycles. The minimum atomic E-state index is -0.904. The van der Waals surface area contributed by atoms with Crippen LogP contribution in [0.1, 0.15) is 17.0 Å². The summed E-state index contributed by atoms with van der Waals surface area (Å²) < 4.78 is 15.4. The fourth-order valence-electron chi connectivity index (χ4n) is 2.69. The molecular weight excluding hydrogens is 325 g/mol. The van der Waals surface area contributed by atoms with E-state index in [9.17, 15) is 18.8 Å². The Labute approximate surface area is 143 Å². The van der Waals surface area contributed by atoms with Crippen LogP contribution in [0.5, 0.6) is 0 Å². The highest BCUT2D eigenvalue weighted by atomic mass is 19.1. The third kappa shape index (κ3) is 2.84. The Bertz CT molecular complexity index is 943. The monoisotopic (exact) mass is 341 g/mol. The lowest BCUT2D eigenvalue weighted by Gasteiger charge is -2.26. The number of barbiturate groups is 1. The Kier molecular flexibility index (Phi) is 4.00. The first kappa shape index (κ1) is 16.6. The maximum atomic E-state index is 13.4. The van der Waals surface area contributed by atoms with E-state index in [2.05, 4.69) is 5.32 Å². The zero-order valence-corrected chi connectivity index (χ0v) is 14.0. The van der Waals surface area contributed by atoms with Crippen LogP contribution in [-0.4, -0.2) is 22.4 Å². The summed E-state index contributed by atoms with van der Waals surface area (Å²) in [6.45, 7) is 3.76. The van der Waals surface area contributed by atoms with Crippen molar-refractivity contribution in [3.8, 4) is 0 Å². The second-order valence-electron chi connectivity index (χ2n) is 5.82. The molecule has 1 aliphatic heterocycles. The van der Waals surface area contributed by atoms with E-state index in [0.717, 1.165) is 22.4 Å². The summed E-state index contributed by atoms with van der Waals surface area (Å²) in [5, 5.41) is 2.12. The highest BCUT2D eigenvalue weighted by Crippen LogP contribution is 2.24. The third-order valence-corrected chi connectivity index (χ3v) is 4.28. The van der Waals surface area contributed by atoms with Gasteiger partial charge >= 0.3 is 6.03 Å². The van der Waals surface area contributed by atoms with Crippen molar-refractivity contribution in [2.75, 3.05) is 4.90 Å². The van der Waals surface area contributed by atoms with E-state index in [-0.39, 0.29) is 11.3 Å². The second-order valence-corrected chi connectivity index (χ2v) is 5.82. The fraction of sp³-hybridized carbons (Fsp3) is 0.167. The highest BCUT2D eigenvalue weighted by molar-refractivity contribution is 6.39. The first-order valence-electron chi connectivity index (χ1n) is 7.59. The summed E-state index contributed by atoms with van der Waals surface area (Å²) in [6, 6.07) is 6.00. The highest BCUT2D eigenvalue weighted by Gasteiger charge is 2.37. The van der Waals surface area contributed by atoms with E-state index >= 15 is 0 Å². The zero-order chi connectivity index (χ0) is 18.3. The smallest absolute Gasteiger partial charge is 0.335 e. The average Bonchev–Trinajstić information content (AvgIpc) is 2.78. The minimum Gasteiger partial charge on any atom is -0.352 e. The van der Waals surface area contributed by atoms with Crippen molar-refractivity contribution >= 4 is 29.6 Å². The van der Waals surface area contributed by atoms with Crippen LogP contribution in [0.3, 0.4) is 0 Å². The van der Waals surface area contributed by atoms with Gasteiger partial charge in [-0.15, -0.1) is 0 Å². The van der Waals surface area contributed by atoms with E-state index in [1.54, 1.807) is 0 Å². The summed E-state index contributed by atoms with van der Waals surface area (Å²) >= 11 is 0. The Morgan fingerprint density at radius 3 is 2.44 bits per heavy atom. The van der Waals surface area contributed by atoms with Crippen molar-refractivity contribution in [2.45, 2.75) is 13.8 Å². The summed E-state index contributed by atoms with van der Waals surface area (Å²) in [4.78, 5) is 37.7. The second kappa shape index (κ2) is 6.01. The number of hydrogen-bond donors (Lipinski definition) is 1. The Balaban J connectivity index is 2.06. The van der Waals surface area contributed by atoms with E-state index in [1.807, 2.05) is 31.5 Å². The Morgan fingerprint density at radius 1 is 1.12 bits per heavy atom. The number of benzene rings is 1. The first-order valence-corrected chi connectivity index (χ1v) is 7.59. The molecule has 1 saturated heterocycles. The van der Waals surface area contributed by atoms with Crippen LogP contribution in [0.2, 0.25) is 0 Å². The predicted octanol–water partition coefficient (Wildman–Crippen LogP) is 2.45. The molecule has 0 radical (unpaired) electrons. The summed E-state index contributed by atoms with van der Waals surface area (Å²) in [6.07, 6.45) is 1.44. The number of carbonyl (C=O) groups is 3. The van der Waals surface area contributed by atoms with Gasteiger partial charge in [-0.2, -0.15) is 0 Å². The van der Waals surface area contributed by atoms with Gasteiger partial charge in [-0.3, -0.25) is 14.9 Å². The molecule has 0 atom stereocenters. The van der Waals surface area contributed by atoms with Gasteiger partial charge in [0.2, 0.25) is 0 Å². The molecule has 0 spiro atoms. The van der Waals surface area contributed by atoms with Crippen LogP contribution >= 0.6 is 0 Å². The number of imide groups is 2. The maximum Gasteiger partial charge on any atom is 0.335 e. The molecule has 1 aromatic heterocycles. The molecule has 3 rings (SSSR count). The van der Waals surface area contributed by atoms with Crippen LogP contribution in [-0.2, 0) is 16.6 Å². The van der Waals surface area contributed by atoms with Gasteiger partial charge in [0.25, 0.3) is 11.8 Å². The maximum absolute atomic E-state index is 13.4. The van der Waals surface area contributed by atoms with E-state index < -0.39 is 23.7 Å². The average molecular weight is 341 g/mol. The molecule has 6 nitrogen and oxygen atoms in total. The van der Waals surface area contributed by atoms with Crippen LogP contribution < -0.4 is 10.2 Å². The van der Waals surface area contributed by atoms with Crippen molar-refractivity contribution in [2.24, 2.45) is 7.05 Å². The summed E-state index contributed by atoms with van der Waals surface area (Å²) in [5.41, 5.74) is 2.41. The van der Waals surface area contributed by atoms with Gasteiger partial charge in [-0.1, -0.05) is 6.07 Å². The lowest BCUT2D eigenvalue weighted by Crippen LogP contribution is -2.54. The molecule has 128 valence electrons. The van der Waals surface area contributed by atoms with Gasteiger partial charge in [0.05, 0.1) is 5.69 Å². The standard InChI is InChI=1S/C18H16FN3O3/c1-10-7-12(11(2)21(10)3)8-15-16(23)20-18(25)22(17(15)24)14-6-4-5-13(19)9-14/h4-9H,1-3H3,(H,20,23,25)/b15-8+. The molecular formula is C18H16FN3O3. The molecule has 1 fully saturated rings. The SMILES string of the molecule is Cc1cc(/C=C2\C(=O)NC(=O)N(c3cccc(F)c3)C2=O)c(C)n1C. The lowest BCUT2D eigenvalue weighted by atomic mass is 10.1. The zero-order valence-electron chi connectivity index (χ0n) is 14.0. The molecule has 25 heavy (non-hydrogen) atoms. The normalized spacial score (nSPS) is 16.6. The molecule has 0 saturated carbocycles. The van der Waals surface area contributed by atoms with Crippen LogP contribution in [0.25, 0.3) is 6.08 Å². The van der Waals surface area contributed by atoms with Crippen molar-refractivity contribution < 1.29 is 18.8 Å². The largest absolute Gasteiger partial charge is 0.352 e. The van der Waals surface area contributed by atoms with E-state index in [4.69, 9.17) is 0 Å². The van der Waals surface area contributed by atoms with Crippen molar-refractivity contribution in [1.29, 1.82) is 0 Å². The quantitative estimate of drug-likeness (QED) is 0.674. The lowest BCUT2D eigenvalue weighted by molar-refractivity contribution is -0.122. The Hall–Kier alpha value is -3.22. The third-order valence-electron chi connectivity index (χ3n) is 4.28. The molecule has 7 heteroatoms. The number of nitrogens with zero attached hydrogens (tertiary/aromatic N) is 2. The number of hydrogen-bond acceptors (Lipinski definition) is 3. The van der Waals surface area contributed by atoms with Crippen molar-refractivity contribution in [3.63, 3.8) is 0 Å². The first-order chi connectivity index (χ1) is 11.8. The molecule has 4 amide bonds. The van der Waals surface area contributed by atoms with Crippen LogP contribution in [0.4, 0.5) is 14.9 Å². The summed E-state index contributed by atoms with van der Waals surface area (Å²) in [7, 11) is 1.87. The van der Waals surface area contributed by atoms with Crippen molar-refractivity contribution in [3.05, 3.63) is 58.7 Å². The number of urea groups is 1. The van der Waals surface area contributed by atoms with Crippen molar-refractivity contribution in [1.82, 2.24) is 9.88 Å². The van der Waals surface area contributed by atoms with Gasteiger partial charge in [0.1, 0.15) is 11.4 Å². The van der Waals surface area contributed by atoms with E-state index in [1.165, 1.54) is 24.3 Å². The van der Waals surface area contributed by atoms with E-state index in [0.29, 0.717) is 5.56 Å². The van der Waals surface area contributed by atoms with Gasteiger partial charge in [0, 0.05) is 18.4 Å². The number of aryl methyl sites for hydroxylation is 1.